The van der Waals surface area contributed by atoms with Crippen LogP contribution in [-0.4, -0.2) is 24.6 Å². The van der Waals surface area contributed by atoms with Crippen LogP contribution in [0.2, 0.25) is 0 Å². The third-order valence-electron chi connectivity index (χ3n) is 3.44. The van der Waals surface area contributed by atoms with Gasteiger partial charge in [-0.05, 0) is 17.7 Å². The van der Waals surface area contributed by atoms with Gasteiger partial charge in [-0.15, -0.1) is 0 Å². The first-order chi connectivity index (χ1) is 10.0. The Bertz CT molecular complexity index is 609. The van der Waals surface area contributed by atoms with Gasteiger partial charge in [-0.2, -0.15) is 0 Å². The number of rotatable bonds is 5. The summed E-state index contributed by atoms with van der Waals surface area (Å²) >= 11 is 0. The molecule has 1 N–H and O–H groups in total. The molecule has 110 valence electrons. The molecule has 0 aliphatic carbocycles. The standard InChI is InChI=1S/C17H20N2O2/c1-17(2,13-7-5-4-6-8-13)12-19-14-9-10-18-15(11-14)16(20)21-3/h4-11H,12H2,1-3H3,(H,18,19). The predicted octanol–water partition coefficient (Wildman–Crippen LogP) is 3.26. The maximum atomic E-state index is 11.5. The minimum Gasteiger partial charge on any atom is -0.464 e. The fraction of sp³-hybridized carbons (Fsp3) is 0.294. The van der Waals surface area contributed by atoms with Crippen molar-refractivity contribution in [3.8, 4) is 0 Å². The van der Waals surface area contributed by atoms with E-state index < -0.39 is 5.97 Å². The minimum absolute atomic E-state index is 0.0179. The summed E-state index contributed by atoms with van der Waals surface area (Å²) in [6.07, 6.45) is 1.60. The molecule has 2 rings (SSSR count). The van der Waals surface area contributed by atoms with Crippen LogP contribution >= 0.6 is 0 Å². The Morgan fingerprint density at radius 2 is 1.95 bits per heavy atom. The van der Waals surface area contributed by atoms with E-state index in [2.05, 4.69) is 41.0 Å². The number of pyridine rings is 1. The molecule has 4 nitrogen and oxygen atoms in total. The molecule has 0 saturated heterocycles. The van der Waals surface area contributed by atoms with Crippen molar-refractivity contribution < 1.29 is 9.53 Å². The van der Waals surface area contributed by atoms with Gasteiger partial charge >= 0.3 is 5.97 Å². The Kier molecular flexibility index (Phi) is 4.58. The maximum Gasteiger partial charge on any atom is 0.356 e. The second-order valence-corrected chi connectivity index (χ2v) is 5.52. The van der Waals surface area contributed by atoms with Crippen molar-refractivity contribution in [1.82, 2.24) is 4.98 Å². The summed E-state index contributed by atoms with van der Waals surface area (Å²) in [7, 11) is 1.35. The van der Waals surface area contributed by atoms with Crippen LogP contribution in [0, 0.1) is 0 Å². The van der Waals surface area contributed by atoms with Crippen molar-refractivity contribution in [2.75, 3.05) is 19.0 Å². The smallest absolute Gasteiger partial charge is 0.356 e. The van der Waals surface area contributed by atoms with Crippen LogP contribution in [0.4, 0.5) is 5.69 Å². The van der Waals surface area contributed by atoms with Gasteiger partial charge in [0.2, 0.25) is 0 Å². The molecule has 1 heterocycles. The molecule has 0 bridgehead atoms. The Labute approximate surface area is 125 Å². The zero-order valence-electron chi connectivity index (χ0n) is 12.6. The molecule has 0 amide bonds. The molecule has 1 aromatic carbocycles. The number of nitrogens with one attached hydrogen (secondary N) is 1. The zero-order valence-corrected chi connectivity index (χ0v) is 12.6. The summed E-state index contributed by atoms with van der Waals surface area (Å²) in [5, 5.41) is 3.35. The highest BCUT2D eigenvalue weighted by molar-refractivity contribution is 5.88. The van der Waals surface area contributed by atoms with Gasteiger partial charge in [-0.3, -0.25) is 0 Å². The number of nitrogens with zero attached hydrogens (tertiary/aromatic N) is 1. The second-order valence-electron chi connectivity index (χ2n) is 5.52. The Hall–Kier alpha value is -2.36. The number of carbonyl (C=O) groups is 1. The monoisotopic (exact) mass is 284 g/mol. The average Bonchev–Trinajstić information content (AvgIpc) is 2.53. The van der Waals surface area contributed by atoms with Crippen molar-refractivity contribution in [2.24, 2.45) is 0 Å². The SMILES string of the molecule is COC(=O)c1cc(NCC(C)(C)c2ccccc2)ccn1. The van der Waals surface area contributed by atoms with E-state index in [1.165, 1.54) is 12.7 Å². The molecule has 0 spiro atoms. The highest BCUT2D eigenvalue weighted by Gasteiger charge is 2.20. The predicted molar refractivity (Wildman–Crippen MR) is 83.5 cm³/mol. The summed E-state index contributed by atoms with van der Waals surface area (Å²) in [4.78, 5) is 15.5. The summed E-state index contributed by atoms with van der Waals surface area (Å²) < 4.78 is 4.68. The third kappa shape index (κ3) is 3.81. The van der Waals surface area contributed by atoms with Crippen molar-refractivity contribution in [1.29, 1.82) is 0 Å². The molecule has 21 heavy (non-hydrogen) atoms. The summed E-state index contributed by atoms with van der Waals surface area (Å²) in [6.45, 7) is 5.11. The van der Waals surface area contributed by atoms with Crippen LogP contribution in [0.3, 0.4) is 0 Å². The summed E-state index contributed by atoms with van der Waals surface area (Å²) in [5.41, 5.74) is 2.41. The van der Waals surface area contributed by atoms with E-state index in [0.29, 0.717) is 5.69 Å². The number of carbonyl (C=O) groups excluding carboxylic acids is 1. The Morgan fingerprint density at radius 3 is 2.62 bits per heavy atom. The quantitative estimate of drug-likeness (QED) is 0.856. The van der Waals surface area contributed by atoms with Crippen molar-refractivity contribution in [3.63, 3.8) is 0 Å². The topological polar surface area (TPSA) is 51.2 Å². The van der Waals surface area contributed by atoms with E-state index in [1.54, 1.807) is 12.3 Å². The number of hydrogen-bond donors (Lipinski definition) is 1. The molecule has 0 unspecified atom stereocenters. The molecule has 0 saturated carbocycles. The molecular weight excluding hydrogens is 264 g/mol. The van der Waals surface area contributed by atoms with Gasteiger partial charge in [-0.25, -0.2) is 9.78 Å². The van der Waals surface area contributed by atoms with E-state index in [-0.39, 0.29) is 5.41 Å². The number of methoxy groups -OCH3 is 1. The van der Waals surface area contributed by atoms with E-state index in [0.717, 1.165) is 12.2 Å². The molecule has 0 aliphatic rings. The van der Waals surface area contributed by atoms with Gasteiger partial charge in [0.25, 0.3) is 0 Å². The van der Waals surface area contributed by atoms with Gasteiger partial charge in [0.1, 0.15) is 5.69 Å². The third-order valence-corrected chi connectivity index (χ3v) is 3.44. The summed E-state index contributed by atoms with van der Waals surface area (Å²) in [6, 6.07) is 13.9. The van der Waals surface area contributed by atoms with E-state index in [4.69, 9.17) is 0 Å². The number of aromatic nitrogens is 1. The van der Waals surface area contributed by atoms with Crippen molar-refractivity contribution >= 4 is 11.7 Å². The second kappa shape index (κ2) is 6.39. The van der Waals surface area contributed by atoms with E-state index in [1.807, 2.05) is 24.3 Å². The fourth-order valence-electron chi connectivity index (χ4n) is 2.07. The number of ether oxygens (including phenoxy) is 1. The number of benzene rings is 1. The van der Waals surface area contributed by atoms with Gasteiger partial charge < -0.3 is 10.1 Å². The maximum absolute atomic E-state index is 11.5. The van der Waals surface area contributed by atoms with Gasteiger partial charge in [-0.1, -0.05) is 44.2 Å². The number of anilines is 1. The van der Waals surface area contributed by atoms with Crippen molar-refractivity contribution in [3.05, 3.63) is 59.9 Å². The lowest BCUT2D eigenvalue weighted by atomic mass is 9.84. The Morgan fingerprint density at radius 1 is 1.24 bits per heavy atom. The average molecular weight is 284 g/mol. The van der Waals surface area contributed by atoms with Gasteiger partial charge in [0.15, 0.2) is 0 Å². The molecule has 0 atom stereocenters. The lowest BCUT2D eigenvalue weighted by Gasteiger charge is -2.26. The highest BCUT2D eigenvalue weighted by Crippen LogP contribution is 2.23. The summed E-state index contributed by atoms with van der Waals surface area (Å²) in [5.74, 6) is -0.430. The minimum atomic E-state index is -0.430. The van der Waals surface area contributed by atoms with Crippen LogP contribution in [0.25, 0.3) is 0 Å². The molecular formula is C17H20N2O2. The van der Waals surface area contributed by atoms with Crippen LogP contribution in [-0.2, 0) is 10.2 Å². The molecule has 0 radical (unpaired) electrons. The normalized spacial score (nSPS) is 11.0. The molecule has 4 heteroatoms. The molecule has 2 aromatic rings. The lowest BCUT2D eigenvalue weighted by molar-refractivity contribution is 0.0594. The lowest BCUT2D eigenvalue weighted by Crippen LogP contribution is -2.27. The van der Waals surface area contributed by atoms with Crippen LogP contribution in [0.1, 0.15) is 29.9 Å². The number of esters is 1. The van der Waals surface area contributed by atoms with Crippen LogP contribution < -0.4 is 5.32 Å². The largest absolute Gasteiger partial charge is 0.464 e. The number of hydrogen-bond acceptors (Lipinski definition) is 4. The first kappa shape index (κ1) is 15.0. The first-order valence-corrected chi connectivity index (χ1v) is 6.87. The molecule has 0 aliphatic heterocycles. The molecule has 1 aromatic heterocycles. The molecule has 0 fully saturated rings. The first-order valence-electron chi connectivity index (χ1n) is 6.87. The van der Waals surface area contributed by atoms with E-state index >= 15 is 0 Å². The van der Waals surface area contributed by atoms with Crippen molar-refractivity contribution in [2.45, 2.75) is 19.3 Å². The fourth-order valence-corrected chi connectivity index (χ4v) is 2.07. The Balaban J connectivity index is 2.08. The highest BCUT2D eigenvalue weighted by atomic mass is 16.5. The van der Waals surface area contributed by atoms with E-state index in [9.17, 15) is 4.79 Å². The zero-order chi connectivity index (χ0) is 15.3. The van der Waals surface area contributed by atoms with Crippen LogP contribution in [0.5, 0.6) is 0 Å². The van der Waals surface area contributed by atoms with Gasteiger partial charge in [0, 0.05) is 23.8 Å². The van der Waals surface area contributed by atoms with Gasteiger partial charge in [0.05, 0.1) is 7.11 Å². The van der Waals surface area contributed by atoms with Crippen LogP contribution in [0.15, 0.2) is 48.7 Å².